The lowest BCUT2D eigenvalue weighted by Crippen LogP contribution is -2.45. The summed E-state index contributed by atoms with van der Waals surface area (Å²) < 4.78 is 32.8. The first-order chi connectivity index (χ1) is 14.2. The second-order valence-corrected chi connectivity index (χ2v) is 11.5. The Bertz CT molecular complexity index is 1110. The summed E-state index contributed by atoms with van der Waals surface area (Å²) in [6, 6.07) is 15.6. The van der Waals surface area contributed by atoms with E-state index in [0.717, 1.165) is 48.2 Å². The first-order valence-corrected chi connectivity index (χ1v) is 11.9. The number of pyridine rings is 1. The normalized spacial score (nSPS) is 20.4. The molecule has 1 aliphatic rings. The number of aromatic amines is 1. The van der Waals surface area contributed by atoms with Crippen molar-refractivity contribution in [1.82, 2.24) is 14.7 Å². The number of para-hydroxylation sites is 1. The zero-order chi connectivity index (χ0) is 21.4. The zero-order valence-electron chi connectivity index (χ0n) is 17.7. The fraction of sp³-hybridized carbons (Fsp3) is 0.435. The molecular formula is C23H29N3O3S. The van der Waals surface area contributed by atoms with E-state index < -0.39 is 14.8 Å². The third-order valence-electron chi connectivity index (χ3n) is 5.73. The molecule has 30 heavy (non-hydrogen) atoms. The Kier molecular flexibility index (Phi) is 5.59. The summed E-state index contributed by atoms with van der Waals surface area (Å²) in [6.45, 7) is 5.19. The molecule has 160 valence electrons. The van der Waals surface area contributed by atoms with Crippen LogP contribution in [0.4, 0.5) is 0 Å². The summed E-state index contributed by atoms with van der Waals surface area (Å²) in [6.07, 6.45) is 3.56. The smallest absolute Gasteiger partial charge is 0.219 e. The van der Waals surface area contributed by atoms with Crippen LogP contribution >= 0.6 is 0 Å². The molecule has 6 nitrogen and oxygen atoms in total. The maximum absolute atomic E-state index is 12.4. The molecule has 1 fully saturated rings. The molecular weight excluding hydrogens is 398 g/mol. The van der Waals surface area contributed by atoms with Crippen LogP contribution in [0.2, 0.25) is 0 Å². The van der Waals surface area contributed by atoms with E-state index in [4.69, 9.17) is 4.74 Å². The Morgan fingerprint density at radius 2 is 1.73 bits per heavy atom. The first kappa shape index (κ1) is 20.9. The highest BCUT2D eigenvalue weighted by molar-refractivity contribution is 7.90. The van der Waals surface area contributed by atoms with E-state index in [1.165, 1.54) is 0 Å². The molecule has 0 atom stereocenters. The van der Waals surface area contributed by atoms with E-state index in [9.17, 15) is 8.42 Å². The Morgan fingerprint density at radius 1 is 1.03 bits per heavy atom. The molecule has 3 aromatic rings. The van der Waals surface area contributed by atoms with E-state index in [2.05, 4.69) is 20.8 Å². The van der Waals surface area contributed by atoms with Crippen LogP contribution < -0.4 is 9.46 Å². The summed E-state index contributed by atoms with van der Waals surface area (Å²) in [5, 5.41) is 0. The molecule has 1 aliphatic carbocycles. The number of fused-ring (bicyclic) bond motifs is 1. The van der Waals surface area contributed by atoms with Gasteiger partial charge in [0.25, 0.3) is 0 Å². The largest absolute Gasteiger partial charge is 0.439 e. The highest BCUT2D eigenvalue weighted by Gasteiger charge is 2.33. The van der Waals surface area contributed by atoms with Gasteiger partial charge in [-0.05, 0) is 76.6 Å². The summed E-state index contributed by atoms with van der Waals surface area (Å²) >= 11 is 0. The number of rotatable bonds is 5. The quantitative estimate of drug-likeness (QED) is 0.593. The molecule has 1 saturated carbocycles. The number of nitrogens with one attached hydrogen (secondary N) is 2. The van der Waals surface area contributed by atoms with Crippen LogP contribution in [0.1, 0.15) is 58.1 Å². The third kappa shape index (κ3) is 4.52. The van der Waals surface area contributed by atoms with Crippen LogP contribution in [0.15, 0.2) is 48.5 Å². The van der Waals surface area contributed by atoms with E-state index >= 15 is 0 Å². The average Bonchev–Trinajstić information content (AvgIpc) is 3.11. The zero-order valence-corrected chi connectivity index (χ0v) is 18.5. The molecule has 2 N–H and O–H groups in total. The summed E-state index contributed by atoms with van der Waals surface area (Å²) in [5.74, 6) is 1.71. The number of aromatic nitrogens is 2. The van der Waals surface area contributed by atoms with Gasteiger partial charge in [0.2, 0.25) is 15.9 Å². The van der Waals surface area contributed by atoms with Crippen LogP contribution in [0, 0.1) is 0 Å². The minimum Gasteiger partial charge on any atom is -0.439 e. The van der Waals surface area contributed by atoms with Crippen molar-refractivity contribution in [1.29, 1.82) is 0 Å². The number of hydrogen-bond acceptors (Lipinski definition) is 4. The highest BCUT2D eigenvalue weighted by Crippen LogP contribution is 2.35. The average molecular weight is 428 g/mol. The summed E-state index contributed by atoms with van der Waals surface area (Å²) in [7, 11) is -3.31. The fourth-order valence-corrected chi connectivity index (χ4v) is 4.84. The van der Waals surface area contributed by atoms with Crippen molar-refractivity contribution in [2.75, 3.05) is 0 Å². The first-order valence-electron chi connectivity index (χ1n) is 10.5. The van der Waals surface area contributed by atoms with Crippen LogP contribution in [-0.2, 0) is 10.0 Å². The van der Waals surface area contributed by atoms with Crippen molar-refractivity contribution >= 4 is 21.1 Å². The predicted molar refractivity (Wildman–Crippen MR) is 119 cm³/mol. The van der Waals surface area contributed by atoms with Gasteiger partial charge in [-0.2, -0.15) is 0 Å². The van der Waals surface area contributed by atoms with Gasteiger partial charge >= 0.3 is 0 Å². The highest BCUT2D eigenvalue weighted by atomic mass is 32.2. The van der Waals surface area contributed by atoms with Gasteiger partial charge in [-0.25, -0.2) is 18.1 Å². The van der Waals surface area contributed by atoms with E-state index in [1.54, 1.807) is 20.8 Å². The van der Waals surface area contributed by atoms with Crippen molar-refractivity contribution in [3.63, 3.8) is 0 Å². The Labute approximate surface area is 178 Å². The topological polar surface area (TPSA) is 84.1 Å². The molecule has 2 aromatic heterocycles. The van der Waals surface area contributed by atoms with Crippen molar-refractivity contribution in [2.24, 2.45) is 0 Å². The molecule has 0 amide bonds. The minimum absolute atomic E-state index is 0.0128. The molecule has 0 unspecified atom stereocenters. The molecule has 4 rings (SSSR count). The Hall–Kier alpha value is -2.38. The van der Waals surface area contributed by atoms with Gasteiger partial charge in [-0.3, -0.25) is 0 Å². The van der Waals surface area contributed by atoms with Gasteiger partial charge in [-0.1, -0.05) is 18.2 Å². The third-order valence-corrected chi connectivity index (χ3v) is 7.99. The van der Waals surface area contributed by atoms with E-state index in [0.29, 0.717) is 11.8 Å². The lowest BCUT2D eigenvalue weighted by atomic mass is 9.84. The second kappa shape index (κ2) is 8.04. The van der Waals surface area contributed by atoms with E-state index in [-0.39, 0.29) is 6.04 Å². The lowest BCUT2D eigenvalue weighted by molar-refractivity contribution is 0.368. The lowest BCUT2D eigenvalue weighted by Gasteiger charge is -2.31. The monoisotopic (exact) mass is 427 g/mol. The van der Waals surface area contributed by atoms with Crippen LogP contribution in [-0.4, -0.2) is 29.2 Å². The van der Waals surface area contributed by atoms with Gasteiger partial charge in [0, 0.05) is 17.8 Å². The summed E-state index contributed by atoms with van der Waals surface area (Å²) in [4.78, 5) is 8.12. The molecule has 7 heteroatoms. The molecule has 0 saturated heterocycles. The molecule has 0 aliphatic heterocycles. The number of nitrogens with zero attached hydrogens (tertiary/aromatic N) is 1. The van der Waals surface area contributed by atoms with Gasteiger partial charge in [0.15, 0.2) is 0 Å². The predicted octanol–water partition coefficient (Wildman–Crippen LogP) is 5.10. The molecule has 0 radical (unpaired) electrons. The molecule has 2 heterocycles. The molecule has 0 bridgehead atoms. The van der Waals surface area contributed by atoms with Crippen molar-refractivity contribution < 1.29 is 13.2 Å². The maximum Gasteiger partial charge on any atom is 0.219 e. The fourth-order valence-electron chi connectivity index (χ4n) is 3.82. The molecule has 1 aromatic carbocycles. The SMILES string of the molecule is CC(C)(C)S(=O)(=O)N[C@H]1CC[C@H](c2cc3nc(Oc4ccccc4)ccc3[nH]2)CC1. The number of H-pyrrole nitrogens is 1. The second-order valence-electron chi connectivity index (χ2n) is 9.00. The van der Waals surface area contributed by atoms with Gasteiger partial charge in [-0.15, -0.1) is 0 Å². The number of hydrogen-bond donors (Lipinski definition) is 2. The Morgan fingerprint density at radius 3 is 2.40 bits per heavy atom. The standard InChI is InChI=1S/C23H29N3O3S/c1-23(2,3)30(27,28)26-17-11-9-16(10-12-17)20-15-21-19(24-20)13-14-22(25-21)29-18-7-5-4-6-8-18/h4-8,13-17,24,26H,9-12H2,1-3H3/t16-,17-. The van der Waals surface area contributed by atoms with Crippen molar-refractivity contribution in [3.05, 3.63) is 54.2 Å². The maximum atomic E-state index is 12.4. The van der Waals surface area contributed by atoms with E-state index in [1.807, 2.05) is 42.5 Å². The van der Waals surface area contributed by atoms with Crippen LogP contribution in [0.25, 0.3) is 11.0 Å². The Balaban J connectivity index is 1.42. The number of benzene rings is 1. The van der Waals surface area contributed by atoms with Crippen LogP contribution in [0.3, 0.4) is 0 Å². The van der Waals surface area contributed by atoms with Gasteiger partial charge in [0.1, 0.15) is 5.75 Å². The minimum atomic E-state index is -3.31. The van der Waals surface area contributed by atoms with Gasteiger partial charge in [0.05, 0.1) is 15.8 Å². The van der Waals surface area contributed by atoms with Crippen LogP contribution in [0.5, 0.6) is 11.6 Å². The number of ether oxygens (including phenoxy) is 1. The summed E-state index contributed by atoms with van der Waals surface area (Å²) in [5.41, 5.74) is 3.03. The van der Waals surface area contributed by atoms with Crippen molar-refractivity contribution in [3.8, 4) is 11.6 Å². The molecule has 0 spiro atoms. The van der Waals surface area contributed by atoms with Crippen molar-refractivity contribution in [2.45, 2.75) is 63.2 Å². The van der Waals surface area contributed by atoms with Gasteiger partial charge < -0.3 is 9.72 Å². The number of sulfonamides is 1.